The SMILES string of the molecule is [C]#CC(O)C(O)(CC)CC. The molecule has 2 nitrogen and oxygen atoms in total. The second-order valence-electron chi connectivity index (χ2n) is 2.36. The first-order chi connectivity index (χ1) is 4.60. The van der Waals surface area contributed by atoms with Crippen molar-refractivity contribution in [3.05, 3.63) is 6.42 Å². The van der Waals surface area contributed by atoms with Gasteiger partial charge in [0.2, 0.25) is 0 Å². The van der Waals surface area contributed by atoms with Crippen LogP contribution in [0.4, 0.5) is 0 Å². The predicted octanol–water partition coefficient (Wildman–Crippen LogP) is 0.488. The Hall–Kier alpha value is -0.520. The third-order valence-electron chi connectivity index (χ3n) is 1.87. The molecule has 0 saturated carbocycles. The minimum atomic E-state index is -1.15. The zero-order chi connectivity index (χ0) is 8.20. The van der Waals surface area contributed by atoms with Gasteiger partial charge < -0.3 is 10.2 Å². The molecule has 0 bridgehead atoms. The van der Waals surface area contributed by atoms with Crippen LogP contribution in [-0.4, -0.2) is 21.9 Å². The summed E-state index contributed by atoms with van der Waals surface area (Å²) in [4.78, 5) is 0. The molecule has 57 valence electrons. The Morgan fingerprint density at radius 3 is 2.00 bits per heavy atom. The molecule has 0 aliphatic rings. The molecular weight excluding hydrogens is 128 g/mol. The highest BCUT2D eigenvalue weighted by atomic mass is 16.3. The summed E-state index contributed by atoms with van der Waals surface area (Å²) in [6, 6.07) is 0. The van der Waals surface area contributed by atoms with Gasteiger partial charge in [0.05, 0.1) is 0 Å². The highest BCUT2D eigenvalue weighted by molar-refractivity contribution is 5.00. The van der Waals surface area contributed by atoms with Crippen molar-refractivity contribution in [2.75, 3.05) is 0 Å². The van der Waals surface area contributed by atoms with Crippen LogP contribution in [-0.2, 0) is 0 Å². The Morgan fingerprint density at radius 2 is 1.90 bits per heavy atom. The van der Waals surface area contributed by atoms with Crippen LogP contribution >= 0.6 is 0 Å². The molecule has 0 aromatic rings. The van der Waals surface area contributed by atoms with Crippen LogP contribution in [0.25, 0.3) is 0 Å². The molecule has 0 aromatic carbocycles. The van der Waals surface area contributed by atoms with Gasteiger partial charge >= 0.3 is 0 Å². The molecule has 0 rings (SSSR count). The number of aliphatic hydroxyl groups is 2. The quantitative estimate of drug-likeness (QED) is 0.561. The largest absolute Gasteiger partial charge is 0.386 e. The van der Waals surface area contributed by atoms with Gasteiger partial charge in [-0.3, -0.25) is 0 Å². The maximum Gasteiger partial charge on any atom is 0.144 e. The van der Waals surface area contributed by atoms with Crippen LogP contribution < -0.4 is 0 Å². The molecule has 10 heavy (non-hydrogen) atoms. The fourth-order valence-corrected chi connectivity index (χ4v) is 0.771. The molecule has 0 saturated heterocycles. The zero-order valence-electron chi connectivity index (χ0n) is 6.39. The Morgan fingerprint density at radius 1 is 1.50 bits per heavy atom. The molecule has 0 heterocycles. The van der Waals surface area contributed by atoms with Crippen LogP contribution in [0.3, 0.4) is 0 Å². The lowest BCUT2D eigenvalue weighted by molar-refractivity contribution is -0.0530. The second-order valence-corrected chi connectivity index (χ2v) is 2.36. The lowest BCUT2D eigenvalue weighted by atomic mass is 9.91. The molecule has 0 amide bonds. The molecule has 1 radical (unpaired) electrons. The van der Waals surface area contributed by atoms with E-state index in [1.165, 1.54) is 0 Å². The summed E-state index contributed by atoms with van der Waals surface area (Å²) in [5, 5.41) is 18.5. The van der Waals surface area contributed by atoms with Crippen LogP contribution in [0.1, 0.15) is 26.7 Å². The van der Waals surface area contributed by atoms with Gasteiger partial charge in [-0.1, -0.05) is 19.8 Å². The van der Waals surface area contributed by atoms with E-state index in [2.05, 4.69) is 0 Å². The molecule has 0 aliphatic carbocycles. The van der Waals surface area contributed by atoms with Gasteiger partial charge in [-0.05, 0) is 19.3 Å². The van der Waals surface area contributed by atoms with Crippen molar-refractivity contribution in [2.24, 2.45) is 0 Å². The smallest absolute Gasteiger partial charge is 0.144 e. The molecule has 2 N–H and O–H groups in total. The van der Waals surface area contributed by atoms with E-state index >= 15 is 0 Å². The molecule has 1 atom stereocenters. The maximum absolute atomic E-state index is 9.46. The average molecular weight is 141 g/mol. The van der Waals surface area contributed by atoms with Gasteiger partial charge in [-0.15, -0.1) is 0 Å². The van der Waals surface area contributed by atoms with E-state index in [9.17, 15) is 5.11 Å². The van der Waals surface area contributed by atoms with Crippen molar-refractivity contribution >= 4 is 0 Å². The Bertz CT molecular complexity index is 131. The van der Waals surface area contributed by atoms with E-state index in [0.29, 0.717) is 12.8 Å². The Kier molecular flexibility index (Phi) is 3.41. The molecule has 2 heteroatoms. The average Bonchev–Trinajstić information content (AvgIpc) is 2.01. The summed E-state index contributed by atoms with van der Waals surface area (Å²) in [7, 11) is 0. The van der Waals surface area contributed by atoms with Gasteiger partial charge in [0, 0.05) is 0 Å². The van der Waals surface area contributed by atoms with Gasteiger partial charge in [0.1, 0.15) is 11.7 Å². The number of rotatable bonds is 3. The number of hydrogen-bond acceptors (Lipinski definition) is 2. The first kappa shape index (κ1) is 9.48. The van der Waals surface area contributed by atoms with Crippen molar-refractivity contribution in [1.82, 2.24) is 0 Å². The van der Waals surface area contributed by atoms with Crippen molar-refractivity contribution in [1.29, 1.82) is 0 Å². The fraction of sp³-hybridized carbons (Fsp3) is 0.750. The molecule has 0 fully saturated rings. The second kappa shape index (κ2) is 3.60. The van der Waals surface area contributed by atoms with Crippen molar-refractivity contribution < 1.29 is 10.2 Å². The van der Waals surface area contributed by atoms with E-state index in [4.69, 9.17) is 11.5 Å². The zero-order valence-corrected chi connectivity index (χ0v) is 6.39. The van der Waals surface area contributed by atoms with Gasteiger partial charge in [-0.25, -0.2) is 0 Å². The molecule has 0 spiro atoms. The first-order valence-corrected chi connectivity index (χ1v) is 3.43. The summed E-state index contributed by atoms with van der Waals surface area (Å²) in [5.41, 5.74) is -1.15. The summed E-state index contributed by atoms with van der Waals surface area (Å²) < 4.78 is 0. The lowest BCUT2D eigenvalue weighted by Crippen LogP contribution is -2.39. The third-order valence-corrected chi connectivity index (χ3v) is 1.87. The predicted molar refractivity (Wildman–Crippen MR) is 38.7 cm³/mol. The molecular formula is C8H13O2. The minimum absolute atomic E-state index is 0.441. The van der Waals surface area contributed by atoms with E-state index in [-0.39, 0.29) is 0 Å². The lowest BCUT2D eigenvalue weighted by Gasteiger charge is -2.26. The van der Waals surface area contributed by atoms with E-state index < -0.39 is 11.7 Å². The van der Waals surface area contributed by atoms with Crippen molar-refractivity contribution in [2.45, 2.75) is 38.4 Å². The monoisotopic (exact) mass is 141 g/mol. The Balaban J connectivity index is 4.20. The van der Waals surface area contributed by atoms with Crippen LogP contribution in [0.15, 0.2) is 0 Å². The number of aliphatic hydroxyl groups excluding tert-OH is 1. The Labute approximate surface area is 61.9 Å². The molecule has 0 aromatic heterocycles. The summed E-state index contributed by atoms with van der Waals surface area (Å²) in [5.74, 6) is 1.86. The van der Waals surface area contributed by atoms with E-state index in [1.54, 1.807) is 13.8 Å². The highest BCUT2D eigenvalue weighted by Crippen LogP contribution is 2.18. The number of hydrogen-bond donors (Lipinski definition) is 2. The fourth-order valence-electron chi connectivity index (χ4n) is 0.771. The summed E-state index contributed by atoms with van der Waals surface area (Å²) >= 11 is 0. The highest BCUT2D eigenvalue weighted by Gasteiger charge is 2.30. The minimum Gasteiger partial charge on any atom is -0.386 e. The van der Waals surface area contributed by atoms with E-state index in [1.807, 2.05) is 5.92 Å². The van der Waals surface area contributed by atoms with Crippen molar-refractivity contribution in [3.8, 4) is 5.92 Å². The van der Waals surface area contributed by atoms with Crippen LogP contribution in [0.5, 0.6) is 0 Å². The van der Waals surface area contributed by atoms with Crippen molar-refractivity contribution in [3.63, 3.8) is 0 Å². The van der Waals surface area contributed by atoms with Gasteiger partial charge in [0.15, 0.2) is 0 Å². The van der Waals surface area contributed by atoms with Crippen LogP contribution in [0, 0.1) is 12.3 Å². The molecule has 1 unspecified atom stereocenters. The molecule has 0 aliphatic heterocycles. The summed E-state index contributed by atoms with van der Waals surface area (Å²) in [6.07, 6.45) is 6.34. The normalized spacial score (nSPS) is 14.3. The van der Waals surface area contributed by atoms with Crippen LogP contribution in [0.2, 0.25) is 0 Å². The first-order valence-electron chi connectivity index (χ1n) is 3.43. The third kappa shape index (κ3) is 1.73. The van der Waals surface area contributed by atoms with Gasteiger partial charge in [-0.2, -0.15) is 0 Å². The van der Waals surface area contributed by atoms with E-state index in [0.717, 1.165) is 0 Å². The summed E-state index contributed by atoms with van der Waals surface area (Å²) in [6.45, 7) is 3.54. The maximum atomic E-state index is 9.46. The van der Waals surface area contributed by atoms with Gasteiger partial charge in [0.25, 0.3) is 0 Å². The standard InChI is InChI=1S/C8H13O2/c1-4-7(9)8(10,5-2)6-3/h7,9-10H,5-6H2,2-3H3. The topological polar surface area (TPSA) is 40.5 Å².